The molecule has 10 heteroatoms. The van der Waals surface area contributed by atoms with Gasteiger partial charge in [0.15, 0.2) is 4.80 Å². The van der Waals surface area contributed by atoms with E-state index in [1.807, 2.05) is 18.4 Å². The molecule has 0 spiro atoms. The first-order valence-corrected chi connectivity index (χ1v) is 13.2. The molecule has 3 heterocycles. The summed E-state index contributed by atoms with van der Waals surface area (Å²) in [7, 11) is -3.79. The lowest BCUT2D eigenvalue weighted by Crippen LogP contribution is -2.40. The minimum absolute atomic E-state index is 0.145. The van der Waals surface area contributed by atoms with Gasteiger partial charge in [0.05, 0.1) is 14.6 Å². The molecule has 6 nitrogen and oxygen atoms in total. The average Bonchev–Trinajstić information content (AvgIpc) is 3.43. The first kappa shape index (κ1) is 22.4. The number of nitrogens with zero attached hydrogens (tertiary/aromatic N) is 3. The van der Waals surface area contributed by atoms with E-state index >= 15 is 0 Å². The molecule has 1 aliphatic heterocycles. The van der Waals surface area contributed by atoms with Crippen LogP contribution in [0.15, 0.2) is 46.1 Å². The number of thiophene rings is 1. The van der Waals surface area contributed by atoms with Crippen molar-refractivity contribution in [3.8, 4) is 0 Å². The molecule has 0 N–H and O–H groups in total. The Bertz CT molecular complexity index is 1350. The molecule has 1 aromatic carbocycles. The number of hydrogen-bond donors (Lipinski definition) is 0. The molecular weight excluding hydrogens is 474 g/mol. The Morgan fingerprint density at radius 2 is 2.03 bits per heavy atom. The van der Waals surface area contributed by atoms with Crippen molar-refractivity contribution in [1.29, 1.82) is 0 Å². The normalized spacial score (nSPS) is 18.2. The van der Waals surface area contributed by atoms with Crippen molar-refractivity contribution in [2.75, 3.05) is 6.54 Å². The Morgan fingerprint density at radius 1 is 1.29 bits per heavy atom. The molecule has 0 saturated carbocycles. The standard InChI is InChI=1S/C21H22ClN3O3S3/c1-4-9-24-16-11-13(2)14(3)12-17(16)29-21(24)23-20(26)15-6-5-10-25(15)31(27,28)19-8-7-18(22)30-19/h4,7-8,11-12,15H,1,5-6,9-10H2,2-3H3. The quantitative estimate of drug-likeness (QED) is 0.489. The van der Waals surface area contributed by atoms with Crippen molar-refractivity contribution in [3.63, 3.8) is 0 Å². The molecule has 1 fully saturated rings. The maximum Gasteiger partial charge on any atom is 0.266 e. The molecule has 0 aliphatic carbocycles. The lowest BCUT2D eigenvalue weighted by Gasteiger charge is -2.20. The summed E-state index contributed by atoms with van der Waals surface area (Å²) in [6.45, 7) is 8.72. The molecule has 3 aromatic rings. The molecule has 164 valence electrons. The maximum absolute atomic E-state index is 13.1. The van der Waals surface area contributed by atoms with Gasteiger partial charge >= 0.3 is 0 Å². The zero-order valence-electron chi connectivity index (χ0n) is 17.2. The second-order valence-corrected chi connectivity index (χ2v) is 12.3. The Morgan fingerprint density at radius 3 is 2.71 bits per heavy atom. The molecule has 1 saturated heterocycles. The van der Waals surface area contributed by atoms with Gasteiger partial charge in [-0.15, -0.1) is 17.9 Å². The van der Waals surface area contributed by atoms with Gasteiger partial charge in [0.25, 0.3) is 15.9 Å². The third kappa shape index (κ3) is 4.17. The van der Waals surface area contributed by atoms with Gasteiger partial charge in [0, 0.05) is 13.1 Å². The monoisotopic (exact) mass is 495 g/mol. The van der Waals surface area contributed by atoms with Crippen LogP contribution in [0.2, 0.25) is 4.34 Å². The van der Waals surface area contributed by atoms with Gasteiger partial charge in [-0.1, -0.05) is 29.0 Å². The molecule has 0 radical (unpaired) electrons. The van der Waals surface area contributed by atoms with Gasteiger partial charge in [-0.3, -0.25) is 4.79 Å². The second kappa shape index (κ2) is 8.63. The van der Waals surface area contributed by atoms with Crippen LogP contribution in [0.5, 0.6) is 0 Å². The highest BCUT2D eigenvalue weighted by Crippen LogP contribution is 2.32. The van der Waals surface area contributed by atoms with E-state index in [2.05, 4.69) is 23.7 Å². The zero-order chi connectivity index (χ0) is 22.3. The third-order valence-corrected chi connectivity index (χ3v) is 10.1. The Kier molecular flexibility index (Phi) is 6.24. The summed E-state index contributed by atoms with van der Waals surface area (Å²) >= 11 is 8.35. The van der Waals surface area contributed by atoms with Crippen LogP contribution in [0, 0.1) is 13.8 Å². The van der Waals surface area contributed by atoms with Gasteiger partial charge in [-0.25, -0.2) is 8.42 Å². The fourth-order valence-corrected chi connectivity index (χ4v) is 8.10. The number of allylic oxidation sites excluding steroid dienone is 1. The molecular formula is C21H22ClN3O3S3. The van der Waals surface area contributed by atoms with Crippen molar-refractivity contribution < 1.29 is 13.2 Å². The van der Waals surface area contributed by atoms with Crippen LogP contribution in [-0.2, 0) is 21.4 Å². The SMILES string of the molecule is C=CCn1c(=NC(=O)C2CCCN2S(=O)(=O)c2ccc(Cl)s2)sc2cc(C)c(C)cc21. The average molecular weight is 496 g/mol. The van der Waals surface area contributed by atoms with E-state index in [0.717, 1.165) is 27.1 Å². The molecule has 1 aliphatic rings. The number of hydrogen-bond acceptors (Lipinski definition) is 5. The molecule has 2 aromatic heterocycles. The van der Waals surface area contributed by atoms with Gasteiger partial charge in [-0.2, -0.15) is 9.30 Å². The van der Waals surface area contributed by atoms with Crippen molar-refractivity contribution in [2.24, 2.45) is 4.99 Å². The summed E-state index contributed by atoms with van der Waals surface area (Å²) in [6, 6.07) is 6.40. The highest BCUT2D eigenvalue weighted by molar-refractivity contribution is 7.91. The number of aromatic nitrogens is 1. The summed E-state index contributed by atoms with van der Waals surface area (Å²) < 4.78 is 30.9. The first-order valence-electron chi connectivity index (χ1n) is 9.79. The van der Waals surface area contributed by atoms with Crippen LogP contribution in [0.25, 0.3) is 10.2 Å². The van der Waals surface area contributed by atoms with Crippen LogP contribution >= 0.6 is 34.3 Å². The minimum Gasteiger partial charge on any atom is -0.312 e. The highest BCUT2D eigenvalue weighted by atomic mass is 35.5. The van der Waals surface area contributed by atoms with Crippen LogP contribution in [-0.4, -0.2) is 35.8 Å². The predicted molar refractivity (Wildman–Crippen MR) is 126 cm³/mol. The second-order valence-electron chi connectivity index (χ2n) is 7.47. The van der Waals surface area contributed by atoms with Crippen molar-refractivity contribution in [1.82, 2.24) is 8.87 Å². The topological polar surface area (TPSA) is 71.7 Å². The van der Waals surface area contributed by atoms with Crippen molar-refractivity contribution >= 4 is 60.4 Å². The Labute approximate surface area is 194 Å². The van der Waals surface area contributed by atoms with E-state index < -0.39 is 22.0 Å². The van der Waals surface area contributed by atoms with Crippen molar-refractivity contribution in [3.05, 3.63) is 57.2 Å². The van der Waals surface area contributed by atoms with Gasteiger partial charge in [0.2, 0.25) is 0 Å². The maximum atomic E-state index is 13.1. The predicted octanol–water partition coefficient (Wildman–Crippen LogP) is 4.50. The Balaban J connectivity index is 1.75. The number of benzene rings is 1. The molecule has 4 rings (SSSR count). The van der Waals surface area contributed by atoms with Gasteiger partial charge in [0.1, 0.15) is 10.3 Å². The number of sulfonamides is 1. The van der Waals surface area contributed by atoms with E-state index in [9.17, 15) is 13.2 Å². The van der Waals surface area contributed by atoms with E-state index in [0.29, 0.717) is 35.1 Å². The number of thiazole rings is 1. The molecule has 1 atom stereocenters. The van der Waals surface area contributed by atoms with Crippen LogP contribution in [0.3, 0.4) is 0 Å². The number of carbonyl (C=O) groups excluding carboxylic acids is 1. The lowest BCUT2D eigenvalue weighted by atomic mass is 10.1. The van der Waals surface area contributed by atoms with Crippen LogP contribution in [0.4, 0.5) is 0 Å². The van der Waals surface area contributed by atoms with Crippen LogP contribution < -0.4 is 4.80 Å². The Hall–Kier alpha value is -1.78. The zero-order valence-corrected chi connectivity index (χ0v) is 20.4. The summed E-state index contributed by atoms with van der Waals surface area (Å²) in [5.74, 6) is -0.443. The largest absolute Gasteiger partial charge is 0.312 e. The highest BCUT2D eigenvalue weighted by Gasteiger charge is 2.40. The summed E-state index contributed by atoms with van der Waals surface area (Å²) in [4.78, 5) is 18.1. The number of aryl methyl sites for hydroxylation is 2. The van der Waals surface area contributed by atoms with Crippen molar-refractivity contribution in [2.45, 2.75) is 43.5 Å². The number of rotatable bonds is 5. The first-order chi connectivity index (χ1) is 14.7. The molecule has 0 bridgehead atoms. The summed E-state index contributed by atoms with van der Waals surface area (Å²) in [5.41, 5.74) is 3.31. The minimum atomic E-state index is -3.79. The number of carbonyl (C=O) groups is 1. The smallest absolute Gasteiger partial charge is 0.266 e. The summed E-state index contributed by atoms with van der Waals surface area (Å²) in [5, 5.41) is 0. The molecule has 1 unspecified atom stereocenters. The van der Waals surface area contributed by atoms with Gasteiger partial charge in [-0.05, 0) is 62.1 Å². The van der Waals surface area contributed by atoms with Gasteiger partial charge < -0.3 is 4.57 Å². The number of halogens is 1. The van der Waals surface area contributed by atoms with Crippen LogP contribution in [0.1, 0.15) is 24.0 Å². The van der Waals surface area contributed by atoms with E-state index in [1.54, 1.807) is 12.1 Å². The number of fused-ring (bicyclic) bond motifs is 1. The van der Waals surface area contributed by atoms with E-state index in [-0.39, 0.29) is 4.21 Å². The summed E-state index contributed by atoms with van der Waals surface area (Å²) in [6.07, 6.45) is 2.82. The van der Waals surface area contributed by atoms with E-state index in [4.69, 9.17) is 11.6 Å². The van der Waals surface area contributed by atoms with E-state index in [1.165, 1.54) is 27.3 Å². The third-order valence-electron chi connectivity index (χ3n) is 5.42. The molecule has 31 heavy (non-hydrogen) atoms. The fraction of sp³-hybridized carbons (Fsp3) is 0.333. The molecule has 1 amide bonds. The number of amides is 1. The fourth-order valence-electron chi connectivity index (χ4n) is 3.71. The lowest BCUT2D eigenvalue weighted by molar-refractivity contribution is -0.121.